The van der Waals surface area contributed by atoms with Crippen LogP contribution in [0.5, 0.6) is 5.75 Å². The number of hydrogen-bond donors (Lipinski definition) is 2. The van der Waals surface area contributed by atoms with Crippen molar-refractivity contribution in [3.8, 4) is 5.75 Å². The first kappa shape index (κ1) is 15.5. The van der Waals surface area contributed by atoms with Crippen molar-refractivity contribution in [2.24, 2.45) is 0 Å². The summed E-state index contributed by atoms with van der Waals surface area (Å²) in [4.78, 5) is 22.7. The van der Waals surface area contributed by atoms with Crippen molar-refractivity contribution in [2.75, 3.05) is 0 Å². The number of aliphatic carboxylic acids is 1. The molecule has 0 spiro atoms. The van der Waals surface area contributed by atoms with E-state index in [0.717, 1.165) is 4.47 Å². The van der Waals surface area contributed by atoms with Gasteiger partial charge in [0.25, 0.3) is 5.91 Å². The molecule has 1 aromatic rings. The van der Waals surface area contributed by atoms with E-state index >= 15 is 0 Å². The molecule has 0 aliphatic heterocycles. The first-order valence-corrected chi connectivity index (χ1v) is 6.69. The van der Waals surface area contributed by atoms with Crippen molar-refractivity contribution < 1.29 is 19.4 Å². The molecule has 0 saturated carbocycles. The third kappa shape index (κ3) is 4.55. The average Bonchev–Trinajstić information content (AvgIpc) is 2.37. The second kappa shape index (κ2) is 7.13. The van der Waals surface area contributed by atoms with Crippen LogP contribution in [-0.4, -0.2) is 29.1 Å². The summed E-state index contributed by atoms with van der Waals surface area (Å²) in [5.41, 5.74) is 0. The highest BCUT2D eigenvalue weighted by molar-refractivity contribution is 9.10. The number of hydrogen-bond acceptors (Lipinski definition) is 3. The summed E-state index contributed by atoms with van der Waals surface area (Å²) in [6.07, 6.45) is -0.449. The Morgan fingerprint density at radius 3 is 2.58 bits per heavy atom. The molecule has 0 heterocycles. The fourth-order valence-electron chi connectivity index (χ4n) is 1.41. The monoisotopic (exact) mass is 329 g/mol. The van der Waals surface area contributed by atoms with Crippen LogP contribution in [0.25, 0.3) is 0 Å². The van der Waals surface area contributed by atoms with Crippen LogP contribution in [0.4, 0.5) is 0 Å². The van der Waals surface area contributed by atoms with Crippen molar-refractivity contribution >= 4 is 27.8 Å². The molecule has 0 bridgehead atoms. The molecule has 6 heteroatoms. The van der Waals surface area contributed by atoms with Crippen LogP contribution in [0.2, 0.25) is 0 Å². The molecule has 1 rings (SSSR count). The van der Waals surface area contributed by atoms with Crippen LogP contribution in [0, 0.1) is 0 Å². The van der Waals surface area contributed by atoms with E-state index in [-0.39, 0.29) is 0 Å². The number of carbonyl (C=O) groups excluding carboxylic acids is 1. The number of nitrogens with one attached hydrogen (secondary N) is 1. The third-order valence-electron chi connectivity index (χ3n) is 2.53. The van der Waals surface area contributed by atoms with Crippen LogP contribution < -0.4 is 10.1 Å². The van der Waals surface area contributed by atoms with Crippen LogP contribution >= 0.6 is 15.9 Å². The van der Waals surface area contributed by atoms with E-state index in [1.54, 1.807) is 32.0 Å². The van der Waals surface area contributed by atoms with Gasteiger partial charge in [-0.15, -0.1) is 0 Å². The summed E-state index contributed by atoms with van der Waals surface area (Å²) in [6.45, 7) is 3.27. The number of halogens is 1. The van der Waals surface area contributed by atoms with Gasteiger partial charge in [0.1, 0.15) is 11.8 Å². The van der Waals surface area contributed by atoms with Gasteiger partial charge >= 0.3 is 5.97 Å². The van der Waals surface area contributed by atoms with Crippen LogP contribution in [0.1, 0.15) is 20.3 Å². The van der Waals surface area contributed by atoms with E-state index in [0.29, 0.717) is 12.2 Å². The topological polar surface area (TPSA) is 75.6 Å². The number of ether oxygens (including phenoxy) is 1. The number of carboxylic acids is 1. The Balaban J connectivity index is 2.63. The summed E-state index contributed by atoms with van der Waals surface area (Å²) in [5, 5.41) is 11.3. The fourth-order valence-corrected chi connectivity index (χ4v) is 1.79. The zero-order valence-electron chi connectivity index (χ0n) is 10.7. The SMILES string of the molecule is CCC(NC(=O)C(C)Oc1ccccc1Br)C(=O)O. The number of rotatable bonds is 6. The highest BCUT2D eigenvalue weighted by Gasteiger charge is 2.22. The zero-order valence-corrected chi connectivity index (χ0v) is 12.3. The molecule has 2 N–H and O–H groups in total. The first-order chi connectivity index (χ1) is 8.95. The van der Waals surface area contributed by atoms with Gasteiger partial charge in [0.2, 0.25) is 0 Å². The normalized spacial score (nSPS) is 13.4. The molecule has 2 atom stereocenters. The molecule has 1 aromatic carbocycles. The quantitative estimate of drug-likeness (QED) is 0.838. The Morgan fingerprint density at radius 2 is 2.05 bits per heavy atom. The molecule has 2 unspecified atom stereocenters. The van der Waals surface area contributed by atoms with Gasteiger partial charge < -0.3 is 15.2 Å². The molecule has 19 heavy (non-hydrogen) atoms. The molecule has 0 saturated heterocycles. The van der Waals surface area contributed by atoms with Gasteiger partial charge in [-0.3, -0.25) is 4.79 Å². The zero-order chi connectivity index (χ0) is 14.4. The van der Waals surface area contributed by atoms with Gasteiger partial charge in [-0.1, -0.05) is 19.1 Å². The van der Waals surface area contributed by atoms with E-state index < -0.39 is 24.0 Å². The number of para-hydroxylation sites is 1. The molecule has 0 radical (unpaired) electrons. The van der Waals surface area contributed by atoms with Gasteiger partial charge in [0.15, 0.2) is 6.10 Å². The summed E-state index contributed by atoms with van der Waals surface area (Å²) in [5.74, 6) is -0.970. The van der Waals surface area contributed by atoms with Crippen molar-refractivity contribution in [3.63, 3.8) is 0 Å². The van der Waals surface area contributed by atoms with E-state index in [1.807, 2.05) is 6.07 Å². The Morgan fingerprint density at radius 1 is 1.42 bits per heavy atom. The number of benzene rings is 1. The highest BCUT2D eigenvalue weighted by Crippen LogP contribution is 2.24. The Labute approximate surface area is 120 Å². The Hall–Kier alpha value is -1.56. The molecule has 0 aliphatic carbocycles. The maximum absolute atomic E-state index is 11.8. The van der Waals surface area contributed by atoms with Crippen LogP contribution in [0.3, 0.4) is 0 Å². The molecular formula is C13H16BrNO4. The summed E-state index contributed by atoms with van der Waals surface area (Å²) < 4.78 is 6.22. The minimum atomic E-state index is -1.05. The van der Waals surface area contributed by atoms with Gasteiger partial charge in [-0.2, -0.15) is 0 Å². The molecule has 5 nitrogen and oxygen atoms in total. The lowest BCUT2D eigenvalue weighted by Gasteiger charge is -2.18. The minimum absolute atomic E-state index is 0.322. The highest BCUT2D eigenvalue weighted by atomic mass is 79.9. The predicted octanol–water partition coefficient (Wildman–Crippen LogP) is 2.20. The predicted molar refractivity (Wildman–Crippen MR) is 74.1 cm³/mol. The van der Waals surface area contributed by atoms with Crippen molar-refractivity contribution in [1.82, 2.24) is 5.32 Å². The van der Waals surface area contributed by atoms with Crippen molar-refractivity contribution in [2.45, 2.75) is 32.4 Å². The Kier molecular flexibility index (Phi) is 5.82. The standard InChI is InChI=1S/C13H16BrNO4/c1-3-10(13(17)18)15-12(16)8(2)19-11-7-5-4-6-9(11)14/h4-8,10H,3H2,1-2H3,(H,15,16)(H,17,18). The van der Waals surface area contributed by atoms with E-state index in [2.05, 4.69) is 21.2 Å². The summed E-state index contributed by atoms with van der Waals surface area (Å²) in [7, 11) is 0. The molecular weight excluding hydrogens is 314 g/mol. The number of amides is 1. The van der Waals surface area contributed by atoms with Crippen LogP contribution in [0.15, 0.2) is 28.7 Å². The molecule has 104 valence electrons. The van der Waals surface area contributed by atoms with Gasteiger partial charge in [-0.25, -0.2) is 4.79 Å². The number of carboxylic acid groups (broad SMARTS) is 1. The van der Waals surface area contributed by atoms with E-state index in [4.69, 9.17) is 9.84 Å². The van der Waals surface area contributed by atoms with Crippen molar-refractivity contribution in [1.29, 1.82) is 0 Å². The van der Waals surface area contributed by atoms with Gasteiger partial charge in [0, 0.05) is 0 Å². The average molecular weight is 330 g/mol. The largest absolute Gasteiger partial charge is 0.480 e. The maximum Gasteiger partial charge on any atom is 0.326 e. The first-order valence-electron chi connectivity index (χ1n) is 5.90. The molecule has 1 amide bonds. The lowest BCUT2D eigenvalue weighted by Crippen LogP contribution is -2.45. The molecule has 0 aliphatic rings. The summed E-state index contributed by atoms with van der Waals surface area (Å²) >= 11 is 3.31. The van der Waals surface area contributed by atoms with E-state index in [9.17, 15) is 9.59 Å². The van der Waals surface area contributed by atoms with Crippen LogP contribution in [-0.2, 0) is 9.59 Å². The molecule has 0 fully saturated rings. The second-order valence-corrected chi connectivity index (χ2v) is 4.85. The summed E-state index contributed by atoms with van der Waals surface area (Å²) in [6, 6.07) is 6.25. The third-order valence-corrected chi connectivity index (χ3v) is 3.19. The lowest BCUT2D eigenvalue weighted by atomic mass is 10.2. The van der Waals surface area contributed by atoms with Gasteiger partial charge in [0.05, 0.1) is 4.47 Å². The smallest absolute Gasteiger partial charge is 0.326 e. The maximum atomic E-state index is 11.8. The fraction of sp³-hybridized carbons (Fsp3) is 0.385. The second-order valence-electron chi connectivity index (χ2n) is 4.00. The van der Waals surface area contributed by atoms with E-state index in [1.165, 1.54) is 0 Å². The minimum Gasteiger partial charge on any atom is -0.480 e. The van der Waals surface area contributed by atoms with Crippen molar-refractivity contribution in [3.05, 3.63) is 28.7 Å². The Bertz CT molecular complexity index is 464. The number of carbonyl (C=O) groups is 2. The van der Waals surface area contributed by atoms with Gasteiger partial charge in [-0.05, 0) is 41.4 Å². The molecule has 0 aromatic heterocycles. The lowest BCUT2D eigenvalue weighted by molar-refractivity contribution is -0.143.